The van der Waals surface area contributed by atoms with E-state index in [2.05, 4.69) is 9.72 Å². The van der Waals surface area contributed by atoms with Gasteiger partial charge in [0.1, 0.15) is 10.9 Å². The van der Waals surface area contributed by atoms with Crippen LogP contribution in [0.25, 0.3) is 20.7 Å². The van der Waals surface area contributed by atoms with E-state index in [0.717, 1.165) is 10.4 Å². The summed E-state index contributed by atoms with van der Waals surface area (Å²) in [7, 11) is 1.30. The first-order valence-corrected chi connectivity index (χ1v) is 7.57. The van der Waals surface area contributed by atoms with Crippen LogP contribution in [0.1, 0.15) is 13.0 Å². The van der Waals surface area contributed by atoms with E-state index in [-0.39, 0.29) is 5.56 Å². The van der Waals surface area contributed by atoms with Crippen molar-refractivity contribution in [2.45, 2.75) is 13.0 Å². The summed E-state index contributed by atoms with van der Waals surface area (Å²) in [4.78, 5) is 30.1. The van der Waals surface area contributed by atoms with E-state index < -0.39 is 12.0 Å². The molecule has 0 N–H and O–H groups in total. The van der Waals surface area contributed by atoms with Crippen molar-refractivity contribution in [2.24, 2.45) is 0 Å². The van der Waals surface area contributed by atoms with E-state index >= 15 is 0 Å². The molecule has 0 amide bonds. The molecule has 1 atom stereocenters. The molecule has 0 aliphatic carbocycles. The average Bonchev–Trinajstić information content (AvgIpc) is 3.00. The number of nitrogens with zero attached hydrogens (tertiary/aromatic N) is 2. The third kappa shape index (κ3) is 2.42. The molecule has 0 spiro atoms. The first-order chi connectivity index (χ1) is 10.6. The molecule has 112 valence electrons. The summed E-state index contributed by atoms with van der Waals surface area (Å²) in [6.45, 7) is 1.62. The van der Waals surface area contributed by atoms with Gasteiger partial charge in [-0.1, -0.05) is 30.3 Å². The third-order valence-corrected chi connectivity index (χ3v) is 4.59. The Balaban J connectivity index is 2.12. The number of esters is 1. The molecule has 0 bridgehead atoms. The van der Waals surface area contributed by atoms with Crippen LogP contribution in [0.2, 0.25) is 0 Å². The van der Waals surface area contributed by atoms with Gasteiger partial charge in [0.05, 0.1) is 18.8 Å². The number of hydrogen-bond donors (Lipinski definition) is 0. The zero-order valence-electron chi connectivity index (χ0n) is 12.1. The Morgan fingerprint density at radius 3 is 2.73 bits per heavy atom. The van der Waals surface area contributed by atoms with Gasteiger partial charge in [0.25, 0.3) is 5.56 Å². The maximum Gasteiger partial charge on any atom is 0.328 e. The van der Waals surface area contributed by atoms with Gasteiger partial charge in [-0.05, 0) is 18.6 Å². The van der Waals surface area contributed by atoms with Crippen LogP contribution in [0.4, 0.5) is 0 Å². The zero-order valence-corrected chi connectivity index (χ0v) is 13.0. The lowest BCUT2D eigenvalue weighted by molar-refractivity contribution is -0.144. The third-order valence-electron chi connectivity index (χ3n) is 3.49. The Morgan fingerprint density at radius 1 is 1.32 bits per heavy atom. The Labute approximate surface area is 130 Å². The van der Waals surface area contributed by atoms with Crippen molar-refractivity contribution in [3.8, 4) is 10.4 Å². The van der Waals surface area contributed by atoms with E-state index in [1.807, 2.05) is 36.4 Å². The van der Waals surface area contributed by atoms with Crippen molar-refractivity contribution in [2.75, 3.05) is 7.11 Å². The Morgan fingerprint density at radius 2 is 2.05 bits per heavy atom. The summed E-state index contributed by atoms with van der Waals surface area (Å²) >= 11 is 1.46. The van der Waals surface area contributed by atoms with Crippen molar-refractivity contribution in [1.29, 1.82) is 0 Å². The molecule has 0 saturated heterocycles. The van der Waals surface area contributed by atoms with E-state index in [1.54, 1.807) is 6.92 Å². The van der Waals surface area contributed by atoms with Crippen LogP contribution < -0.4 is 5.56 Å². The number of carbonyl (C=O) groups is 1. The standard InChI is InChI=1S/C16H14N2O3S/c1-10(16(20)21-2)18-9-17-14-12(15(18)19)8-13(22-14)11-6-4-3-5-7-11/h3-10H,1-2H3. The number of thiophene rings is 1. The zero-order chi connectivity index (χ0) is 15.7. The van der Waals surface area contributed by atoms with Gasteiger partial charge >= 0.3 is 5.97 Å². The van der Waals surface area contributed by atoms with Crippen molar-refractivity contribution in [1.82, 2.24) is 9.55 Å². The highest BCUT2D eigenvalue weighted by Crippen LogP contribution is 2.30. The second kappa shape index (κ2) is 5.73. The smallest absolute Gasteiger partial charge is 0.328 e. The van der Waals surface area contributed by atoms with Crippen molar-refractivity contribution >= 4 is 27.5 Å². The normalized spacial score (nSPS) is 12.3. The molecule has 0 saturated carbocycles. The predicted molar refractivity (Wildman–Crippen MR) is 86.0 cm³/mol. The van der Waals surface area contributed by atoms with Crippen LogP contribution in [0, 0.1) is 0 Å². The van der Waals surface area contributed by atoms with Gasteiger partial charge in [-0.25, -0.2) is 9.78 Å². The minimum Gasteiger partial charge on any atom is -0.467 e. The van der Waals surface area contributed by atoms with Gasteiger partial charge in [-0.15, -0.1) is 11.3 Å². The van der Waals surface area contributed by atoms with E-state index in [4.69, 9.17) is 0 Å². The van der Waals surface area contributed by atoms with Crippen LogP contribution in [0.5, 0.6) is 0 Å². The number of methoxy groups -OCH3 is 1. The molecule has 5 nitrogen and oxygen atoms in total. The molecule has 3 rings (SSSR count). The maximum atomic E-state index is 12.6. The number of ether oxygens (including phenoxy) is 1. The van der Waals surface area contributed by atoms with Gasteiger partial charge in [-0.2, -0.15) is 0 Å². The molecule has 1 aromatic carbocycles. The molecule has 2 aromatic heterocycles. The molecule has 3 aromatic rings. The topological polar surface area (TPSA) is 61.2 Å². The first kappa shape index (κ1) is 14.5. The summed E-state index contributed by atoms with van der Waals surface area (Å²) in [5, 5.41) is 0.516. The van der Waals surface area contributed by atoms with Crippen LogP contribution in [0.3, 0.4) is 0 Å². The molecule has 0 radical (unpaired) electrons. The van der Waals surface area contributed by atoms with Crippen LogP contribution in [-0.4, -0.2) is 22.6 Å². The van der Waals surface area contributed by atoms with Crippen molar-refractivity contribution in [3.63, 3.8) is 0 Å². The second-order valence-electron chi connectivity index (χ2n) is 4.85. The Hall–Kier alpha value is -2.47. The second-order valence-corrected chi connectivity index (χ2v) is 5.88. The minimum atomic E-state index is -0.700. The molecule has 1 unspecified atom stereocenters. The fraction of sp³-hybridized carbons (Fsp3) is 0.188. The summed E-state index contributed by atoms with van der Waals surface area (Å²) in [6.07, 6.45) is 1.40. The molecule has 0 aliphatic rings. The number of hydrogen-bond acceptors (Lipinski definition) is 5. The van der Waals surface area contributed by atoms with Crippen molar-refractivity contribution < 1.29 is 9.53 Å². The molecular weight excluding hydrogens is 300 g/mol. The summed E-state index contributed by atoms with van der Waals surface area (Å²) in [5.41, 5.74) is 0.804. The van der Waals surface area contributed by atoms with Gasteiger partial charge in [0.2, 0.25) is 0 Å². The monoisotopic (exact) mass is 314 g/mol. The Kier molecular flexibility index (Phi) is 3.77. The fourth-order valence-electron chi connectivity index (χ4n) is 2.24. The molecule has 22 heavy (non-hydrogen) atoms. The van der Waals surface area contributed by atoms with Crippen LogP contribution in [-0.2, 0) is 9.53 Å². The highest BCUT2D eigenvalue weighted by molar-refractivity contribution is 7.21. The largest absolute Gasteiger partial charge is 0.467 e. The fourth-order valence-corrected chi connectivity index (χ4v) is 3.24. The lowest BCUT2D eigenvalue weighted by Gasteiger charge is -2.11. The van der Waals surface area contributed by atoms with Crippen molar-refractivity contribution in [3.05, 3.63) is 53.1 Å². The van der Waals surface area contributed by atoms with Gasteiger partial charge in [0.15, 0.2) is 0 Å². The number of fused-ring (bicyclic) bond motifs is 1. The number of rotatable bonds is 3. The predicted octanol–water partition coefficient (Wildman–Crippen LogP) is 2.86. The van der Waals surface area contributed by atoms with E-state index in [1.165, 1.54) is 29.3 Å². The highest BCUT2D eigenvalue weighted by Gasteiger charge is 2.19. The summed E-state index contributed by atoms with van der Waals surface area (Å²) < 4.78 is 5.99. The van der Waals surface area contributed by atoms with Crippen LogP contribution >= 0.6 is 11.3 Å². The van der Waals surface area contributed by atoms with E-state index in [0.29, 0.717) is 10.2 Å². The lowest BCUT2D eigenvalue weighted by atomic mass is 10.2. The number of benzene rings is 1. The first-order valence-electron chi connectivity index (χ1n) is 6.75. The number of aromatic nitrogens is 2. The molecular formula is C16H14N2O3S. The lowest BCUT2D eigenvalue weighted by Crippen LogP contribution is -2.28. The molecule has 6 heteroatoms. The molecule has 0 fully saturated rings. The van der Waals surface area contributed by atoms with Gasteiger partial charge in [0, 0.05) is 4.88 Å². The van der Waals surface area contributed by atoms with Gasteiger partial charge < -0.3 is 4.74 Å². The van der Waals surface area contributed by atoms with Gasteiger partial charge in [-0.3, -0.25) is 9.36 Å². The quantitative estimate of drug-likeness (QED) is 0.697. The Bertz CT molecular complexity index is 883. The highest BCUT2D eigenvalue weighted by atomic mass is 32.1. The minimum absolute atomic E-state index is 0.235. The number of carbonyl (C=O) groups excluding carboxylic acids is 1. The summed E-state index contributed by atoms with van der Waals surface area (Å²) in [5.74, 6) is -0.471. The molecule has 0 aliphatic heterocycles. The molecule has 2 heterocycles. The summed E-state index contributed by atoms with van der Waals surface area (Å²) in [6, 6.07) is 10.9. The van der Waals surface area contributed by atoms with Crippen LogP contribution in [0.15, 0.2) is 47.5 Å². The maximum absolute atomic E-state index is 12.6. The SMILES string of the molecule is COC(=O)C(C)n1cnc2sc(-c3ccccc3)cc2c1=O. The van der Waals surface area contributed by atoms with E-state index in [9.17, 15) is 9.59 Å². The average molecular weight is 314 g/mol.